The van der Waals surface area contributed by atoms with E-state index in [1.54, 1.807) is 0 Å². The highest BCUT2D eigenvalue weighted by Crippen LogP contribution is 2.13. The molecule has 0 saturated heterocycles. The highest BCUT2D eigenvalue weighted by molar-refractivity contribution is 5.68. The zero-order chi connectivity index (χ0) is 19.5. The average Bonchev–Trinajstić information content (AvgIpc) is 2.59. The van der Waals surface area contributed by atoms with Crippen LogP contribution in [0, 0.1) is 0 Å². The van der Waals surface area contributed by atoms with Crippen LogP contribution in [-0.4, -0.2) is 37.8 Å². The first-order chi connectivity index (χ1) is 12.5. The molecule has 0 spiro atoms. The maximum Gasteiger partial charge on any atom is 0.366 e. The van der Waals surface area contributed by atoms with E-state index in [0.717, 1.165) is 45.2 Å². The van der Waals surface area contributed by atoms with E-state index in [-0.39, 0.29) is 5.97 Å². The molecule has 0 rings (SSSR count). The Labute approximate surface area is 163 Å². The van der Waals surface area contributed by atoms with E-state index in [0.29, 0.717) is 11.1 Å². The first-order valence-corrected chi connectivity index (χ1v) is 11.3. The molecule has 0 aromatic heterocycles. The third-order valence-corrected chi connectivity index (χ3v) is 4.98. The minimum Gasteiger partial charge on any atom is -0.330 e. The lowest BCUT2D eigenvalue weighted by Crippen LogP contribution is -2.42. The Morgan fingerprint density at radius 3 is 1.73 bits per heavy atom. The van der Waals surface area contributed by atoms with Crippen molar-refractivity contribution in [1.29, 1.82) is 0 Å². The molecule has 26 heavy (non-hydrogen) atoms. The van der Waals surface area contributed by atoms with E-state index in [9.17, 15) is 4.79 Å². The lowest BCUT2D eigenvalue weighted by molar-refractivity contribution is -1.06. The van der Waals surface area contributed by atoms with Crippen molar-refractivity contribution in [3.05, 3.63) is 0 Å². The van der Waals surface area contributed by atoms with Crippen molar-refractivity contribution >= 4 is 5.97 Å². The van der Waals surface area contributed by atoms with Gasteiger partial charge in [0.1, 0.15) is 20.6 Å². The highest BCUT2D eigenvalue weighted by atomic mass is 16.7. The van der Waals surface area contributed by atoms with Gasteiger partial charge in [0.15, 0.2) is 0 Å². The Bertz CT molecular complexity index is 319. The molecule has 0 fully saturated rings. The standard InChI is InChI=1S/C22H47N2O2/c1-4-5-6-7-8-9-10-11-12-13-16-19-22(25)26-24(2,3)21-18-15-14-17-20-23/h4-21,23H2,1-3H3/q+1. The topological polar surface area (TPSA) is 52.3 Å². The van der Waals surface area contributed by atoms with Gasteiger partial charge in [-0.1, -0.05) is 77.6 Å². The quantitative estimate of drug-likeness (QED) is 0.179. The minimum absolute atomic E-state index is 0.0483. The van der Waals surface area contributed by atoms with Gasteiger partial charge < -0.3 is 5.73 Å². The van der Waals surface area contributed by atoms with E-state index in [2.05, 4.69) is 6.92 Å². The van der Waals surface area contributed by atoms with Crippen molar-refractivity contribution in [2.75, 3.05) is 27.2 Å². The molecule has 0 heterocycles. The Hall–Kier alpha value is -0.610. The van der Waals surface area contributed by atoms with E-state index in [4.69, 9.17) is 10.6 Å². The number of carbonyl (C=O) groups excluding carboxylic acids is 1. The van der Waals surface area contributed by atoms with Crippen LogP contribution in [-0.2, 0) is 9.63 Å². The Kier molecular flexibility index (Phi) is 17.4. The summed E-state index contributed by atoms with van der Waals surface area (Å²) >= 11 is 0. The molecule has 156 valence electrons. The van der Waals surface area contributed by atoms with Crippen LogP contribution in [0.4, 0.5) is 0 Å². The van der Waals surface area contributed by atoms with Gasteiger partial charge in [-0.3, -0.25) is 4.84 Å². The second-order valence-electron chi connectivity index (χ2n) is 8.25. The van der Waals surface area contributed by atoms with Crippen LogP contribution in [0.3, 0.4) is 0 Å². The molecule has 4 heteroatoms. The third kappa shape index (κ3) is 18.2. The van der Waals surface area contributed by atoms with E-state index >= 15 is 0 Å². The number of quaternary nitrogens is 1. The molecule has 0 aliphatic carbocycles. The molecule has 2 N–H and O–H groups in total. The maximum atomic E-state index is 12.0. The number of rotatable bonds is 19. The molecule has 0 unspecified atom stereocenters. The second kappa shape index (κ2) is 17.8. The fourth-order valence-corrected chi connectivity index (χ4v) is 3.29. The fourth-order valence-electron chi connectivity index (χ4n) is 3.29. The number of nitrogens with two attached hydrogens (primary N) is 1. The molecule has 0 aromatic rings. The Balaban J connectivity index is 3.47. The average molecular weight is 372 g/mol. The summed E-state index contributed by atoms with van der Waals surface area (Å²) in [5.41, 5.74) is 5.50. The van der Waals surface area contributed by atoms with Gasteiger partial charge in [-0.05, 0) is 25.8 Å². The van der Waals surface area contributed by atoms with Gasteiger partial charge in [-0.15, -0.1) is 4.65 Å². The molecule has 0 saturated carbocycles. The SMILES string of the molecule is CCCCCCCCCCCCCC(=O)O[N+](C)(C)CCCCCCN. The van der Waals surface area contributed by atoms with E-state index in [1.807, 2.05) is 14.1 Å². The van der Waals surface area contributed by atoms with Crippen LogP contribution in [0.15, 0.2) is 0 Å². The van der Waals surface area contributed by atoms with Gasteiger partial charge in [0.05, 0.1) is 6.42 Å². The monoisotopic (exact) mass is 371 g/mol. The third-order valence-electron chi connectivity index (χ3n) is 4.98. The Morgan fingerprint density at radius 2 is 1.19 bits per heavy atom. The molecule has 0 amide bonds. The largest absolute Gasteiger partial charge is 0.366 e. The van der Waals surface area contributed by atoms with E-state index in [1.165, 1.54) is 64.2 Å². The molecule has 0 radical (unpaired) electrons. The van der Waals surface area contributed by atoms with E-state index < -0.39 is 0 Å². The molecule has 4 nitrogen and oxygen atoms in total. The number of hydroxylamine groups is 3. The molecule has 0 bridgehead atoms. The summed E-state index contributed by atoms with van der Waals surface area (Å²) in [4.78, 5) is 17.6. The highest BCUT2D eigenvalue weighted by Gasteiger charge is 2.21. The predicted molar refractivity (Wildman–Crippen MR) is 112 cm³/mol. The summed E-state index contributed by atoms with van der Waals surface area (Å²) in [6.45, 7) is 3.92. The summed E-state index contributed by atoms with van der Waals surface area (Å²) in [6, 6.07) is 0. The van der Waals surface area contributed by atoms with Crippen LogP contribution in [0.2, 0.25) is 0 Å². The molecule has 0 aliphatic heterocycles. The molecular formula is C22H47N2O2+. The lowest BCUT2D eigenvalue weighted by Gasteiger charge is -2.26. The fraction of sp³-hybridized carbons (Fsp3) is 0.955. The number of hydrogen-bond acceptors (Lipinski definition) is 3. The zero-order valence-electron chi connectivity index (χ0n) is 18.1. The van der Waals surface area contributed by atoms with Crippen LogP contribution < -0.4 is 5.73 Å². The minimum atomic E-state index is -0.0483. The number of hydrogen-bond donors (Lipinski definition) is 1. The molecule has 0 aliphatic rings. The number of nitrogens with zero attached hydrogens (tertiary/aromatic N) is 1. The van der Waals surface area contributed by atoms with Gasteiger partial charge >= 0.3 is 5.97 Å². The first kappa shape index (κ1) is 25.4. The van der Waals surface area contributed by atoms with Crippen molar-refractivity contribution in [3.8, 4) is 0 Å². The van der Waals surface area contributed by atoms with Crippen LogP contribution in [0.25, 0.3) is 0 Å². The van der Waals surface area contributed by atoms with Gasteiger partial charge in [0.25, 0.3) is 0 Å². The zero-order valence-corrected chi connectivity index (χ0v) is 18.1. The molecule has 0 aromatic carbocycles. The number of unbranched alkanes of at least 4 members (excludes halogenated alkanes) is 13. The smallest absolute Gasteiger partial charge is 0.330 e. The summed E-state index contributed by atoms with van der Waals surface area (Å²) < 4.78 is 0.347. The summed E-state index contributed by atoms with van der Waals surface area (Å²) in [6.07, 6.45) is 19.4. The number of carbonyl (C=O) groups is 1. The van der Waals surface area contributed by atoms with Crippen LogP contribution in [0.5, 0.6) is 0 Å². The van der Waals surface area contributed by atoms with Gasteiger partial charge in [0, 0.05) is 6.42 Å². The van der Waals surface area contributed by atoms with Gasteiger partial charge in [-0.25, -0.2) is 4.79 Å². The lowest BCUT2D eigenvalue weighted by atomic mass is 10.1. The van der Waals surface area contributed by atoms with Crippen molar-refractivity contribution < 1.29 is 14.3 Å². The summed E-state index contributed by atoms with van der Waals surface area (Å²) in [7, 11) is 3.95. The van der Waals surface area contributed by atoms with Crippen LogP contribution in [0.1, 0.15) is 110 Å². The van der Waals surface area contributed by atoms with Crippen molar-refractivity contribution in [2.45, 2.75) is 110 Å². The maximum absolute atomic E-state index is 12.0. The Morgan fingerprint density at radius 1 is 0.731 bits per heavy atom. The molecule has 0 atom stereocenters. The van der Waals surface area contributed by atoms with Gasteiger partial charge in [0.2, 0.25) is 0 Å². The first-order valence-electron chi connectivity index (χ1n) is 11.3. The van der Waals surface area contributed by atoms with Crippen LogP contribution >= 0.6 is 0 Å². The second-order valence-corrected chi connectivity index (χ2v) is 8.25. The predicted octanol–water partition coefficient (Wildman–Crippen LogP) is 5.74. The van der Waals surface area contributed by atoms with Crippen molar-refractivity contribution in [1.82, 2.24) is 0 Å². The summed E-state index contributed by atoms with van der Waals surface area (Å²) in [5, 5.41) is 0. The normalized spacial score (nSPS) is 11.7. The molecular weight excluding hydrogens is 324 g/mol. The summed E-state index contributed by atoms with van der Waals surface area (Å²) in [5.74, 6) is -0.0483. The van der Waals surface area contributed by atoms with Crippen molar-refractivity contribution in [2.24, 2.45) is 5.73 Å². The van der Waals surface area contributed by atoms with Crippen molar-refractivity contribution in [3.63, 3.8) is 0 Å². The van der Waals surface area contributed by atoms with Gasteiger partial charge in [-0.2, -0.15) is 0 Å².